The summed E-state index contributed by atoms with van der Waals surface area (Å²) < 4.78 is 29.5. The Morgan fingerprint density at radius 2 is 2.00 bits per heavy atom. The largest absolute Gasteiger partial charge is 0.461 e. The highest BCUT2D eigenvalue weighted by atomic mass is 32.2. The molecule has 0 spiro atoms. The van der Waals surface area contributed by atoms with Crippen LogP contribution in [0.1, 0.15) is 38.2 Å². The van der Waals surface area contributed by atoms with Gasteiger partial charge in [0, 0.05) is 12.3 Å². The third-order valence-corrected chi connectivity index (χ3v) is 3.23. The third-order valence-electron chi connectivity index (χ3n) is 2.18. The fourth-order valence-corrected chi connectivity index (χ4v) is 2.37. The van der Waals surface area contributed by atoms with Gasteiger partial charge in [-0.3, -0.25) is 0 Å². The maximum atomic E-state index is 11.7. The van der Waals surface area contributed by atoms with E-state index in [1.807, 2.05) is 20.8 Å². The van der Waals surface area contributed by atoms with Gasteiger partial charge >= 0.3 is 5.97 Å². The van der Waals surface area contributed by atoms with Crippen LogP contribution in [0.3, 0.4) is 0 Å². The number of nitrogens with zero attached hydrogens (tertiary/aromatic N) is 2. The molecule has 0 radical (unpaired) electrons. The van der Waals surface area contributed by atoms with Crippen molar-refractivity contribution in [1.82, 2.24) is 9.78 Å². The second-order valence-electron chi connectivity index (χ2n) is 4.94. The Bertz CT molecular complexity index is 552. The number of sulfone groups is 1. The summed E-state index contributed by atoms with van der Waals surface area (Å²) in [6.07, 6.45) is 1.08. The number of hydrogen-bond donors (Lipinski definition) is 0. The van der Waals surface area contributed by atoms with E-state index in [0.29, 0.717) is 0 Å². The summed E-state index contributed by atoms with van der Waals surface area (Å²) in [5, 5.41) is 4.04. The highest BCUT2D eigenvalue weighted by Gasteiger charge is 2.27. The highest BCUT2D eigenvalue weighted by molar-refractivity contribution is 7.90. The van der Waals surface area contributed by atoms with Crippen molar-refractivity contribution in [3.63, 3.8) is 0 Å². The molecule has 0 unspecified atom stereocenters. The van der Waals surface area contributed by atoms with Crippen LogP contribution in [0.2, 0.25) is 0 Å². The van der Waals surface area contributed by atoms with Crippen molar-refractivity contribution in [3.05, 3.63) is 11.8 Å². The molecule has 1 rings (SSSR count). The Balaban J connectivity index is 3.38. The van der Waals surface area contributed by atoms with Crippen molar-refractivity contribution in [2.45, 2.75) is 38.3 Å². The van der Waals surface area contributed by atoms with Crippen molar-refractivity contribution >= 4 is 15.8 Å². The monoisotopic (exact) mass is 274 g/mol. The summed E-state index contributed by atoms with van der Waals surface area (Å²) in [5.41, 5.74) is -0.532. The molecule has 0 aliphatic heterocycles. The van der Waals surface area contributed by atoms with Gasteiger partial charge in [-0.2, -0.15) is 5.10 Å². The van der Waals surface area contributed by atoms with Crippen LogP contribution in [0.15, 0.2) is 11.1 Å². The minimum absolute atomic E-state index is 0.00667. The lowest BCUT2D eigenvalue weighted by molar-refractivity contribution is 0.0517. The maximum absolute atomic E-state index is 11.7. The quantitative estimate of drug-likeness (QED) is 0.774. The molecule has 7 heteroatoms. The van der Waals surface area contributed by atoms with Gasteiger partial charge in [0.25, 0.3) is 0 Å². The van der Waals surface area contributed by atoms with E-state index in [2.05, 4.69) is 5.10 Å². The summed E-state index contributed by atoms with van der Waals surface area (Å²) in [7, 11) is -3.45. The second-order valence-corrected chi connectivity index (χ2v) is 6.91. The van der Waals surface area contributed by atoms with E-state index in [0.717, 1.165) is 6.26 Å². The van der Waals surface area contributed by atoms with Gasteiger partial charge in [-0.1, -0.05) is 0 Å². The van der Waals surface area contributed by atoms with Crippen molar-refractivity contribution < 1.29 is 17.9 Å². The van der Waals surface area contributed by atoms with Gasteiger partial charge in [0.1, 0.15) is 0 Å². The smallest absolute Gasteiger partial charge is 0.358 e. The molecule has 1 aromatic rings. The lowest BCUT2D eigenvalue weighted by Gasteiger charge is -2.21. The molecule has 1 aromatic heterocycles. The van der Waals surface area contributed by atoms with Crippen molar-refractivity contribution in [3.8, 4) is 0 Å². The lowest BCUT2D eigenvalue weighted by atomic mass is 10.1. The zero-order valence-electron chi connectivity index (χ0n) is 11.2. The summed E-state index contributed by atoms with van der Waals surface area (Å²) >= 11 is 0. The highest BCUT2D eigenvalue weighted by Crippen LogP contribution is 2.21. The molecular weight excluding hydrogens is 256 g/mol. The zero-order chi connectivity index (χ0) is 14.1. The summed E-state index contributed by atoms with van der Waals surface area (Å²) in [5.74, 6) is -0.620. The van der Waals surface area contributed by atoms with Gasteiger partial charge in [0.15, 0.2) is 20.6 Å². The Hall–Kier alpha value is -1.37. The first-order chi connectivity index (χ1) is 8.07. The van der Waals surface area contributed by atoms with Crippen molar-refractivity contribution in [2.24, 2.45) is 0 Å². The molecule has 0 N–H and O–H groups in total. The molecule has 102 valence electrons. The van der Waals surface area contributed by atoms with Gasteiger partial charge in [-0.05, 0) is 27.7 Å². The summed E-state index contributed by atoms with van der Waals surface area (Å²) in [6, 6.07) is 1.25. The number of ether oxygens (including phenoxy) is 1. The standard InChI is InChI=1S/C11H18N2O4S/c1-6-17-10(14)8-7-9(18(5,15)16)13(12-8)11(2,3)4/h7H,6H2,1-5H3. The van der Waals surface area contributed by atoms with E-state index in [1.54, 1.807) is 6.92 Å². The maximum Gasteiger partial charge on any atom is 0.358 e. The van der Waals surface area contributed by atoms with E-state index in [-0.39, 0.29) is 17.3 Å². The molecule has 0 atom stereocenters. The molecule has 6 nitrogen and oxygen atoms in total. The van der Waals surface area contributed by atoms with E-state index in [9.17, 15) is 13.2 Å². The van der Waals surface area contributed by atoms with Crippen LogP contribution >= 0.6 is 0 Å². The number of hydrogen-bond acceptors (Lipinski definition) is 5. The zero-order valence-corrected chi connectivity index (χ0v) is 12.0. The van der Waals surface area contributed by atoms with Crippen LogP contribution < -0.4 is 0 Å². The van der Waals surface area contributed by atoms with E-state index >= 15 is 0 Å². The fraction of sp³-hybridized carbons (Fsp3) is 0.636. The minimum Gasteiger partial charge on any atom is -0.461 e. The van der Waals surface area contributed by atoms with E-state index in [4.69, 9.17) is 4.74 Å². The summed E-state index contributed by atoms with van der Waals surface area (Å²) in [6.45, 7) is 7.32. The third kappa shape index (κ3) is 3.10. The molecule has 0 amide bonds. The molecule has 0 saturated heterocycles. The Morgan fingerprint density at radius 1 is 1.44 bits per heavy atom. The number of esters is 1. The topological polar surface area (TPSA) is 78.3 Å². The van der Waals surface area contributed by atoms with Gasteiger partial charge in [-0.15, -0.1) is 0 Å². The lowest BCUT2D eigenvalue weighted by Crippen LogP contribution is -2.27. The first-order valence-electron chi connectivity index (χ1n) is 5.55. The van der Waals surface area contributed by atoms with Crippen molar-refractivity contribution in [1.29, 1.82) is 0 Å². The van der Waals surface area contributed by atoms with Crippen LogP contribution in [-0.2, 0) is 20.1 Å². The Kier molecular flexibility index (Phi) is 3.85. The number of carbonyl (C=O) groups excluding carboxylic acids is 1. The Labute approximate surface area is 107 Å². The Morgan fingerprint density at radius 3 is 2.33 bits per heavy atom. The van der Waals surface area contributed by atoms with Crippen LogP contribution in [0.5, 0.6) is 0 Å². The van der Waals surface area contributed by atoms with E-state index in [1.165, 1.54) is 10.7 Å². The molecule has 1 heterocycles. The molecule has 18 heavy (non-hydrogen) atoms. The predicted octanol–water partition coefficient (Wildman–Crippen LogP) is 1.22. The van der Waals surface area contributed by atoms with E-state index < -0.39 is 21.3 Å². The SMILES string of the molecule is CCOC(=O)c1cc(S(C)(=O)=O)n(C(C)(C)C)n1. The second kappa shape index (κ2) is 4.72. The van der Waals surface area contributed by atoms with Crippen LogP contribution in [-0.4, -0.2) is 37.0 Å². The van der Waals surface area contributed by atoms with Gasteiger partial charge in [0.2, 0.25) is 0 Å². The van der Waals surface area contributed by atoms with Crippen molar-refractivity contribution in [2.75, 3.05) is 12.9 Å². The molecule has 0 fully saturated rings. The predicted molar refractivity (Wildman–Crippen MR) is 66.3 cm³/mol. The normalized spacial score (nSPS) is 12.5. The van der Waals surface area contributed by atoms with Gasteiger partial charge in [0.05, 0.1) is 12.1 Å². The first kappa shape index (κ1) is 14.7. The van der Waals surface area contributed by atoms with Crippen LogP contribution in [0.25, 0.3) is 0 Å². The van der Waals surface area contributed by atoms with Gasteiger partial charge in [-0.25, -0.2) is 17.9 Å². The molecular formula is C11H18N2O4S. The molecule has 0 saturated carbocycles. The average molecular weight is 274 g/mol. The van der Waals surface area contributed by atoms with Crippen LogP contribution in [0.4, 0.5) is 0 Å². The molecule has 0 aromatic carbocycles. The fourth-order valence-electron chi connectivity index (χ4n) is 1.41. The molecule has 0 aliphatic rings. The van der Waals surface area contributed by atoms with Crippen LogP contribution in [0, 0.1) is 0 Å². The first-order valence-corrected chi connectivity index (χ1v) is 7.44. The minimum atomic E-state index is -3.45. The average Bonchev–Trinajstić information content (AvgIpc) is 2.60. The number of rotatable bonds is 3. The molecule has 0 aliphatic carbocycles. The van der Waals surface area contributed by atoms with Gasteiger partial charge < -0.3 is 4.74 Å². The molecule has 0 bridgehead atoms. The summed E-state index contributed by atoms with van der Waals surface area (Å²) in [4.78, 5) is 11.6. The number of aromatic nitrogens is 2. The number of carbonyl (C=O) groups is 1.